The number of unbranched alkanes of at least 4 members (excludes halogenated alkanes) is 1. The van der Waals surface area contributed by atoms with Gasteiger partial charge in [-0.05, 0) is 55.8 Å². The Morgan fingerprint density at radius 2 is 2.11 bits per heavy atom. The Hall–Kier alpha value is -1.07. The van der Waals surface area contributed by atoms with E-state index in [1.165, 1.54) is 16.1 Å². The van der Waals surface area contributed by atoms with E-state index in [0.29, 0.717) is 6.54 Å². The molecule has 0 fully saturated rings. The van der Waals surface area contributed by atoms with Crippen LogP contribution in [-0.4, -0.2) is 27.8 Å². The quantitative estimate of drug-likeness (QED) is 0.836. The van der Waals surface area contributed by atoms with Crippen LogP contribution in [0.1, 0.15) is 30.4 Å². The van der Waals surface area contributed by atoms with Gasteiger partial charge >= 0.3 is 0 Å². The van der Waals surface area contributed by atoms with Gasteiger partial charge in [0.1, 0.15) is 0 Å². The number of benzene rings is 1. The molecular weight excluding hydrogens is 260 g/mol. The number of nitrogens with zero attached hydrogens (tertiary/aromatic N) is 1. The summed E-state index contributed by atoms with van der Waals surface area (Å²) in [5.74, 6) is 0. The van der Waals surface area contributed by atoms with Crippen LogP contribution in [0.25, 0.3) is 0 Å². The molecule has 2 N–H and O–H groups in total. The van der Waals surface area contributed by atoms with E-state index in [0.717, 1.165) is 49.9 Å². The fraction of sp³-hybridized carbons (Fsp3) is 0.571. The van der Waals surface area contributed by atoms with E-state index in [2.05, 4.69) is 6.07 Å². The van der Waals surface area contributed by atoms with Crippen molar-refractivity contribution in [3.05, 3.63) is 29.3 Å². The number of nitrogens with two attached hydrogens (primary N) is 1. The Morgan fingerprint density at radius 3 is 2.79 bits per heavy atom. The Bertz CT molecular complexity index is 540. The normalized spacial score (nSPS) is 15.4. The van der Waals surface area contributed by atoms with E-state index >= 15 is 0 Å². The highest BCUT2D eigenvalue weighted by molar-refractivity contribution is 7.92. The minimum Gasteiger partial charge on any atom is -0.330 e. The molecule has 106 valence electrons. The topological polar surface area (TPSA) is 63.4 Å². The number of rotatable bonds is 5. The smallest absolute Gasteiger partial charge is 0.232 e. The van der Waals surface area contributed by atoms with Gasteiger partial charge in [0.25, 0.3) is 0 Å². The molecule has 5 heteroatoms. The molecular formula is C14H22N2O2S. The van der Waals surface area contributed by atoms with Crippen LogP contribution in [0.3, 0.4) is 0 Å². The number of sulfonamides is 1. The Morgan fingerprint density at radius 1 is 1.32 bits per heavy atom. The highest BCUT2D eigenvalue weighted by atomic mass is 32.2. The minimum atomic E-state index is -3.16. The summed E-state index contributed by atoms with van der Waals surface area (Å²) in [7, 11) is -3.16. The van der Waals surface area contributed by atoms with Crippen molar-refractivity contribution >= 4 is 15.7 Å². The van der Waals surface area contributed by atoms with Crippen LogP contribution < -0.4 is 10.0 Å². The molecule has 0 amide bonds. The maximum atomic E-state index is 11.8. The molecule has 1 aromatic carbocycles. The van der Waals surface area contributed by atoms with Crippen molar-refractivity contribution in [1.82, 2.24) is 0 Å². The van der Waals surface area contributed by atoms with Gasteiger partial charge in [-0.15, -0.1) is 0 Å². The van der Waals surface area contributed by atoms with Crippen LogP contribution in [0, 0.1) is 0 Å². The van der Waals surface area contributed by atoms with Crippen molar-refractivity contribution in [3.63, 3.8) is 0 Å². The maximum absolute atomic E-state index is 11.8. The van der Waals surface area contributed by atoms with Gasteiger partial charge in [0, 0.05) is 6.54 Å². The highest BCUT2D eigenvalue weighted by Crippen LogP contribution is 2.30. The first-order valence-corrected chi connectivity index (χ1v) is 8.67. The first-order valence-electron chi connectivity index (χ1n) is 6.82. The lowest BCUT2D eigenvalue weighted by molar-refractivity contribution is 0.592. The molecule has 4 nitrogen and oxygen atoms in total. The second-order valence-electron chi connectivity index (χ2n) is 5.15. The van der Waals surface area contributed by atoms with Crippen molar-refractivity contribution < 1.29 is 8.42 Å². The van der Waals surface area contributed by atoms with Crippen molar-refractivity contribution in [1.29, 1.82) is 0 Å². The predicted molar refractivity (Wildman–Crippen MR) is 78.9 cm³/mol. The van der Waals surface area contributed by atoms with Crippen molar-refractivity contribution in [3.8, 4) is 0 Å². The number of hydrogen-bond donors (Lipinski definition) is 1. The van der Waals surface area contributed by atoms with Gasteiger partial charge in [0.2, 0.25) is 10.0 Å². The van der Waals surface area contributed by atoms with Crippen LogP contribution in [0.15, 0.2) is 18.2 Å². The van der Waals surface area contributed by atoms with E-state index in [9.17, 15) is 8.42 Å². The molecule has 0 saturated heterocycles. The third-order valence-electron chi connectivity index (χ3n) is 3.54. The number of hydrogen-bond acceptors (Lipinski definition) is 3. The van der Waals surface area contributed by atoms with Gasteiger partial charge in [0.15, 0.2) is 0 Å². The Labute approximate surface area is 115 Å². The van der Waals surface area contributed by atoms with Gasteiger partial charge in [-0.2, -0.15) is 0 Å². The second kappa shape index (κ2) is 5.92. The van der Waals surface area contributed by atoms with Gasteiger partial charge in [-0.3, -0.25) is 4.31 Å². The monoisotopic (exact) mass is 282 g/mol. The Kier molecular flexibility index (Phi) is 4.47. The number of aryl methyl sites for hydroxylation is 2. The van der Waals surface area contributed by atoms with Gasteiger partial charge in [-0.1, -0.05) is 12.1 Å². The summed E-state index contributed by atoms with van der Waals surface area (Å²) < 4.78 is 25.0. The fourth-order valence-corrected chi connectivity index (χ4v) is 3.59. The molecule has 0 spiro atoms. The summed E-state index contributed by atoms with van der Waals surface area (Å²) in [5, 5.41) is 0. The summed E-state index contributed by atoms with van der Waals surface area (Å²) in [6.07, 6.45) is 6.27. The molecule has 0 bridgehead atoms. The number of fused-ring (bicyclic) bond motifs is 1. The highest BCUT2D eigenvalue weighted by Gasteiger charge is 2.23. The van der Waals surface area contributed by atoms with Crippen LogP contribution in [-0.2, 0) is 22.9 Å². The zero-order valence-electron chi connectivity index (χ0n) is 11.4. The van der Waals surface area contributed by atoms with Gasteiger partial charge in [0.05, 0.1) is 11.9 Å². The van der Waals surface area contributed by atoms with Crippen molar-refractivity contribution in [2.45, 2.75) is 32.1 Å². The summed E-state index contributed by atoms with van der Waals surface area (Å²) in [5.41, 5.74) is 8.79. The Balaban J connectivity index is 2.21. The molecule has 0 aliphatic carbocycles. The molecule has 0 atom stereocenters. The zero-order chi connectivity index (χ0) is 13.9. The maximum Gasteiger partial charge on any atom is 0.232 e. The largest absolute Gasteiger partial charge is 0.330 e. The first-order chi connectivity index (χ1) is 9.02. The zero-order valence-corrected chi connectivity index (χ0v) is 12.2. The van der Waals surface area contributed by atoms with E-state index in [4.69, 9.17) is 5.73 Å². The lowest BCUT2D eigenvalue weighted by Crippen LogP contribution is -2.34. The summed E-state index contributed by atoms with van der Waals surface area (Å²) in [6.45, 7) is 1.32. The first kappa shape index (κ1) is 14.3. The summed E-state index contributed by atoms with van der Waals surface area (Å²) in [4.78, 5) is 0. The molecule has 1 heterocycles. The SMILES string of the molecule is CS(=O)(=O)N1CCCc2cc(CCCCN)ccc21. The summed E-state index contributed by atoms with van der Waals surface area (Å²) in [6, 6.07) is 6.15. The fourth-order valence-electron chi connectivity index (χ4n) is 2.59. The molecule has 2 rings (SSSR count). The van der Waals surface area contributed by atoms with Crippen LogP contribution in [0.2, 0.25) is 0 Å². The molecule has 19 heavy (non-hydrogen) atoms. The second-order valence-corrected chi connectivity index (χ2v) is 7.05. The standard InChI is InChI=1S/C14H22N2O2S/c1-19(17,18)16-10-4-6-13-11-12(5-2-3-9-15)7-8-14(13)16/h7-8,11H,2-6,9-10,15H2,1H3. The molecule has 1 aliphatic heterocycles. The average molecular weight is 282 g/mol. The van der Waals surface area contributed by atoms with E-state index in [1.54, 1.807) is 0 Å². The average Bonchev–Trinajstić information content (AvgIpc) is 2.37. The molecule has 0 aromatic heterocycles. The third-order valence-corrected chi connectivity index (χ3v) is 4.72. The third kappa shape index (κ3) is 3.48. The van der Waals surface area contributed by atoms with Crippen molar-refractivity contribution in [2.75, 3.05) is 23.7 Å². The van der Waals surface area contributed by atoms with E-state index in [-0.39, 0.29) is 0 Å². The lowest BCUT2D eigenvalue weighted by atomic mass is 9.98. The van der Waals surface area contributed by atoms with E-state index < -0.39 is 10.0 Å². The molecule has 1 aromatic rings. The van der Waals surface area contributed by atoms with Crippen LogP contribution >= 0.6 is 0 Å². The van der Waals surface area contributed by atoms with E-state index in [1.807, 2.05) is 12.1 Å². The minimum absolute atomic E-state index is 0.596. The molecule has 0 saturated carbocycles. The molecule has 1 aliphatic rings. The van der Waals surface area contributed by atoms with Crippen molar-refractivity contribution in [2.24, 2.45) is 5.73 Å². The van der Waals surface area contributed by atoms with Crippen LogP contribution in [0.4, 0.5) is 5.69 Å². The van der Waals surface area contributed by atoms with Crippen LogP contribution in [0.5, 0.6) is 0 Å². The molecule has 0 radical (unpaired) electrons. The predicted octanol–water partition coefficient (Wildman–Crippen LogP) is 1.68. The van der Waals surface area contributed by atoms with Gasteiger partial charge < -0.3 is 5.73 Å². The molecule has 0 unspecified atom stereocenters. The summed E-state index contributed by atoms with van der Waals surface area (Å²) >= 11 is 0. The van der Waals surface area contributed by atoms with Gasteiger partial charge in [-0.25, -0.2) is 8.42 Å². The number of anilines is 1. The lowest BCUT2D eigenvalue weighted by Gasteiger charge is -2.29.